The van der Waals surface area contributed by atoms with Crippen molar-refractivity contribution >= 4 is 35.3 Å². The Morgan fingerprint density at radius 1 is 0.911 bits per heavy atom. The van der Waals surface area contributed by atoms with Gasteiger partial charge in [-0.25, -0.2) is 18.4 Å². The lowest BCUT2D eigenvalue weighted by atomic mass is 9.85. The molecule has 4 rings (SSSR count). The number of benzene rings is 2. The zero-order valence-electron chi connectivity index (χ0n) is 25.1. The third-order valence-corrected chi connectivity index (χ3v) is 6.80. The minimum absolute atomic E-state index is 0.0620. The van der Waals surface area contributed by atoms with Crippen LogP contribution in [0.5, 0.6) is 11.5 Å². The molecule has 2 aromatic carbocycles. The van der Waals surface area contributed by atoms with Gasteiger partial charge in [0.15, 0.2) is 17.3 Å². The summed E-state index contributed by atoms with van der Waals surface area (Å²) in [5.74, 6) is -2.45. The highest BCUT2D eigenvalue weighted by Gasteiger charge is 2.29. The van der Waals surface area contributed by atoms with E-state index in [0.717, 1.165) is 6.07 Å². The predicted molar refractivity (Wildman–Crippen MR) is 162 cm³/mol. The minimum atomic E-state index is -0.871. The highest BCUT2D eigenvalue weighted by atomic mass is 19.1. The highest BCUT2D eigenvalue weighted by Crippen LogP contribution is 2.33. The number of hydrogen-bond acceptors (Lipinski definition) is 7. The molecular weight excluding hydrogens is 588 g/mol. The number of anilines is 2. The first-order chi connectivity index (χ1) is 21.3. The van der Waals surface area contributed by atoms with Crippen LogP contribution in [0.25, 0.3) is 0 Å². The number of nitrogens with one attached hydrogen (secondary N) is 4. The van der Waals surface area contributed by atoms with Gasteiger partial charge in [-0.3, -0.25) is 19.9 Å². The maximum Gasteiger partial charge on any atom is 0.407 e. The second-order valence-corrected chi connectivity index (χ2v) is 11.6. The summed E-state index contributed by atoms with van der Waals surface area (Å²) in [6.07, 6.45) is 4.52. The molecule has 0 atom stereocenters. The molecule has 5 amide bonds. The zero-order valence-corrected chi connectivity index (χ0v) is 25.1. The van der Waals surface area contributed by atoms with Gasteiger partial charge >= 0.3 is 12.1 Å². The molecule has 45 heavy (non-hydrogen) atoms. The van der Waals surface area contributed by atoms with Crippen molar-refractivity contribution in [2.24, 2.45) is 5.92 Å². The Labute approximate surface area is 259 Å². The van der Waals surface area contributed by atoms with Crippen molar-refractivity contribution in [3.8, 4) is 11.5 Å². The number of hydrogen-bond donors (Lipinski definition) is 4. The van der Waals surface area contributed by atoms with Crippen molar-refractivity contribution in [2.75, 3.05) is 10.6 Å². The first-order valence-electron chi connectivity index (χ1n) is 14.4. The maximum absolute atomic E-state index is 14.9. The fourth-order valence-corrected chi connectivity index (χ4v) is 4.67. The third-order valence-electron chi connectivity index (χ3n) is 6.80. The van der Waals surface area contributed by atoms with Crippen LogP contribution in [0.4, 0.5) is 29.7 Å². The molecule has 1 aliphatic rings. The average Bonchev–Trinajstić information content (AvgIpc) is 2.96. The molecule has 1 saturated carbocycles. The lowest BCUT2D eigenvalue weighted by Crippen LogP contribution is -2.42. The van der Waals surface area contributed by atoms with Gasteiger partial charge in [0.1, 0.15) is 17.1 Å². The third kappa shape index (κ3) is 10.3. The van der Waals surface area contributed by atoms with Gasteiger partial charge in [-0.2, -0.15) is 0 Å². The second-order valence-electron chi connectivity index (χ2n) is 11.6. The molecule has 0 radical (unpaired) electrons. The van der Waals surface area contributed by atoms with E-state index in [0.29, 0.717) is 31.2 Å². The van der Waals surface area contributed by atoms with Crippen molar-refractivity contribution < 1.29 is 37.4 Å². The van der Waals surface area contributed by atoms with E-state index >= 15 is 0 Å². The van der Waals surface area contributed by atoms with Gasteiger partial charge in [0, 0.05) is 36.0 Å². The zero-order chi connectivity index (χ0) is 32.6. The molecule has 0 unspecified atom stereocenters. The Kier molecular flexibility index (Phi) is 10.7. The van der Waals surface area contributed by atoms with E-state index in [-0.39, 0.29) is 47.2 Å². The molecule has 0 spiro atoms. The lowest BCUT2D eigenvalue weighted by Gasteiger charge is -2.29. The van der Waals surface area contributed by atoms with Gasteiger partial charge in [0.05, 0.1) is 12.6 Å². The Morgan fingerprint density at radius 2 is 1.62 bits per heavy atom. The molecule has 13 heteroatoms. The SMILES string of the molecule is CC(C)(C)OC(=O)N[C@H]1CC[C@@H](C(=O)Nc2cnccc2Oc2ccc(NC(=O)NC(=O)Cc3ccc(F)cc3)cc2F)CC1. The van der Waals surface area contributed by atoms with Gasteiger partial charge in [-0.15, -0.1) is 0 Å². The number of carbonyl (C=O) groups excluding carboxylic acids is 4. The van der Waals surface area contributed by atoms with Crippen LogP contribution >= 0.6 is 0 Å². The molecule has 0 aliphatic heterocycles. The van der Waals surface area contributed by atoms with E-state index in [9.17, 15) is 28.0 Å². The summed E-state index contributed by atoms with van der Waals surface area (Å²) >= 11 is 0. The molecule has 0 saturated heterocycles. The normalized spacial score (nSPS) is 16.2. The molecule has 1 aliphatic carbocycles. The second kappa shape index (κ2) is 14.6. The number of ether oxygens (including phenoxy) is 2. The van der Waals surface area contributed by atoms with Crippen LogP contribution in [0.2, 0.25) is 0 Å². The summed E-state index contributed by atoms with van der Waals surface area (Å²) in [6.45, 7) is 5.37. The Morgan fingerprint density at radius 3 is 2.29 bits per heavy atom. The van der Waals surface area contributed by atoms with Crippen molar-refractivity contribution in [1.29, 1.82) is 0 Å². The number of rotatable bonds is 8. The summed E-state index contributed by atoms with van der Waals surface area (Å²) < 4.78 is 39.0. The number of amides is 5. The topological polar surface area (TPSA) is 148 Å². The van der Waals surface area contributed by atoms with Crippen LogP contribution in [-0.4, -0.2) is 40.6 Å². The van der Waals surface area contributed by atoms with Crippen molar-refractivity contribution in [3.05, 3.63) is 78.1 Å². The fourth-order valence-electron chi connectivity index (χ4n) is 4.67. The van der Waals surface area contributed by atoms with Crippen LogP contribution < -0.4 is 26.0 Å². The summed E-state index contributed by atoms with van der Waals surface area (Å²) in [5.41, 5.74) is 0.225. The number of imide groups is 1. The molecule has 3 aromatic rings. The fraction of sp³-hybridized carbons (Fsp3) is 0.344. The molecule has 4 N–H and O–H groups in total. The Hall–Kier alpha value is -5.07. The van der Waals surface area contributed by atoms with Gasteiger partial charge in [-0.05, 0) is 76.3 Å². The number of alkyl carbamates (subject to hydrolysis) is 1. The molecular formula is C32H35F2N5O6. The van der Waals surface area contributed by atoms with Crippen molar-refractivity contribution in [1.82, 2.24) is 15.6 Å². The maximum atomic E-state index is 14.9. The number of nitrogens with zero attached hydrogens (tertiary/aromatic N) is 1. The molecule has 1 fully saturated rings. The minimum Gasteiger partial charge on any atom is -0.452 e. The van der Waals surface area contributed by atoms with Crippen LogP contribution in [0.15, 0.2) is 60.9 Å². The predicted octanol–water partition coefficient (Wildman–Crippen LogP) is 6.06. The first kappa shape index (κ1) is 32.8. The molecule has 11 nitrogen and oxygen atoms in total. The van der Waals surface area contributed by atoms with Gasteiger partial charge in [-0.1, -0.05) is 12.1 Å². The molecule has 238 valence electrons. The summed E-state index contributed by atoms with van der Waals surface area (Å²) in [6, 6.07) is 9.47. The smallest absolute Gasteiger partial charge is 0.407 e. The summed E-state index contributed by atoms with van der Waals surface area (Å²) in [7, 11) is 0. The molecule has 1 aromatic heterocycles. The van der Waals surface area contributed by atoms with Crippen molar-refractivity contribution in [3.63, 3.8) is 0 Å². The summed E-state index contributed by atoms with van der Waals surface area (Å²) in [5, 5.41) is 10.2. The number of urea groups is 1. The lowest BCUT2D eigenvalue weighted by molar-refractivity contribution is -0.121. The van der Waals surface area contributed by atoms with Gasteiger partial charge in [0.25, 0.3) is 0 Å². The van der Waals surface area contributed by atoms with E-state index in [4.69, 9.17) is 9.47 Å². The Bertz CT molecular complexity index is 1540. The first-order valence-corrected chi connectivity index (χ1v) is 14.4. The van der Waals surface area contributed by atoms with E-state index < -0.39 is 35.3 Å². The monoisotopic (exact) mass is 623 g/mol. The van der Waals surface area contributed by atoms with Crippen LogP contribution in [-0.2, 0) is 20.7 Å². The van der Waals surface area contributed by atoms with Crippen LogP contribution in [0, 0.1) is 17.6 Å². The van der Waals surface area contributed by atoms with Gasteiger partial charge < -0.3 is 25.4 Å². The average molecular weight is 624 g/mol. The van der Waals surface area contributed by atoms with Crippen LogP contribution in [0.1, 0.15) is 52.0 Å². The van der Waals surface area contributed by atoms with E-state index in [1.165, 1.54) is 54.9 Å². The summed E-state index contributed by atoms with van der Waals surface area (Å²) in [4.78, 5) is 53.5. The number of pyridine rings is 1. The largest absolute Gasteiger partial charge is 0.452 e. The number of carbonyl (C=O) groups is 4. The number of halogens is 2. The van der Waals surface area contributed by atoms with E-state index in [1.807, 2.05) is 0 Å². The molecule has 0 bridgehead atoms. The molecule has 1 heterocycles. The van der Waals surface area contributed by atoms with E-state index in [2.05, 4.69) is 26.3 Å². The quantitative estimate of drug-likeness (QED) is 0.238. The van der Waals surface area contributed by atoms with Crippen molar-refractivity contribution in [2.45, 2.75) is 64.5 Å². The highest BCUT2D eigenvalue weighted by molar-refractivity contribution is 6.01. The Balaban J connectivity index is 1.29. The standard InChI is InChI=1S/C32H35F2N5O6/c1-32(2,3)45-31(43)37-22-10-6-20(7-11-22)29(41)38-25-18-35-15-14-27(25)44-26-13-12-23(17-24(26)34)36-30(42)39-28(40)16-19-4-8-21(33)9-5-19/h4-5,8-9,12-15,17-18,20,22H,6-7,10-11,16H2,1-3H3,(H,37,43)(H,38,41)(H2,36,39,40,42)/t20-,22+. The van der Waals surface area contributed by atoms with Crippen LogP contribution in [0.3, 0.4) is 0 Å². The van der Waals surface area contributed by atoms with E-state index in [1.54, 1.807) is 20.8 Å². The number of aromatic nitrogens is 1. The van der Waals surface area contributed by atoms with Gasteiger partial charge in [0.2, 0.25) is 11.8 Å².